The van der Waals surface area contributed by atoms with Gasteiger partial charge in [0.05, 0.1) is 0 Å². The Morgan fingerprint density at radius 3 is 2.23 bits per heavy atom. The van der Waals surface area contributed by atoms with E-state index in [9.17, 15) is 0 Å². The lowest BCUT2D eigenvalue weighted by atomic mass is 10.3. The summed E-state index contributed by atoms with van der Waals surface area (Å²) in [6.45, 7) is 4.49. The molecule has 1 heterocycles. The van der Waals surface area contributed by atoms with Crippen LogP contribution in [-0.2, 0) is 0 Å². The van der Waals surface area contributed by atoms with E-state index in [-0.39, 0.29) is 0 Å². The zero-order valence-electron chi connectivity index (χ0n) is 8.12. The van der Waals surface area contributed by atoms with E-state index in [4.69, 9.17) is 0 Å². The SMILES string of the molecule is CC1=C(C)[SiH](c2ccccc2)C=C1. The zero-order valence-corrected chi connectivity index (χ0v) is 9.27. The van der Waals surface area contributed by atoms with Crippen LogP contribution in [0.25, 0.3) is 0 Å². The molecule has 0 spiro atoms. The minimum atomic E-state index is -0.892. The molecule has 0 saturated heterocycles. The molecule has 0 fully saturated rings. The summed E-state index contributed by atoms with van der Waals surface area (Å²) in [4.78, 5) is 0. The van der Waals surface area contributed by atoms with Crippen LogP contribution in [0.4, 0.5) is 0 Å². The fourth-order valence-corrected chi connectivity index (χ4v) is 4.50. The summed E-state index contributed by atoms with van der Waals surface area (Å²) in [5.74, 6) is 0. The second-order valence-corrected chi connectivity index (χ2v) is 6.49. The predicted molar refractivity (Wildman–Crippen MR) is 60.7 cm³/mol. The van der Waals surface area contributed by atoms with Crippen molar-refractivity contribution >= 4 is 14.0 Å². The first-order valence-electron chi connectivity index (χ1n) is 4.69. The summed E-state index contributed by atoms with van der Waals surface area (Å²) < 4.78 is 0. The van der Waals surface area contributed by atoms with Crippen molar-refractivity contribution in [1.29, 1.82) is 0 Å². The lowest BCUT2D eigenvalue weighted by Crippen LogP contribution is -2.28. The van der Waals surface area contributed by atoms with Gasteiger partial charge in [-0.15, -0.1) is 0 Å². The molecule has 66 valence electrons. The predicted octanol–water partition coefficient (Wildman–Crippen LogP) is 2.11. The van der Waals surface area contributed by atoms with Gasteiger partial charge in [-0.05, 0) is 13.8 Å². The Morgan fingerprint density at radius 1 is 1.00 bits per heavy atom. The minimum absolute atomic E-state index is 0.892. The van der Waals surface area contributed by atoms with Crippen LogP contribution in [0, 0.1) is 0 Å². The van der Waals surface area contributed by atoms with E-state index in [1.165, 1.54) is 10.8 Å². The molecule has 13 heavy (non-hydrogen) atoms. The Balaban J connectivity index is 2.36. The standard InChI is InChI=1S/C12H14Si/c1-10-8-9-13(11(10)2)12-6-4-3-5-7-12/h3-9,13H,1-2H3. The van der Waals surface area contributed by atoms with Crippen LogP contribution in [0.2, 0.25) is 0 Å². The van der Waals surface area contributed by atoms with Crippen molar-refractivity contribution in [3.05, 3.63) is 52.9 Å². The smallest absolute Gasteiger partial charge is 0.0889 e. The van der Waals surface area contributed by atoms with Crippen molar-refractivity contribution in [2.75, 3.05) is 0 Å². The van der Waals surface area contributed by atoms with Gasteiger partial charge in [0, 0.05) is 0 Å². The third-order valence-corrected chi connectivity index (χ3v) is 5.85. The van der Waals surface area contributed by atoms with Gasteiger partial charge >= 0.3 is 0 Å². The van der Waals surface area contributed by atoms with Crippen molar-refractivity contribution in [1.82, 2.24) is 0 Å². The minimum Gasteiger partial charge on any atom is -0.0889 e. The van der Waals surface area contributed by atoms with Gasteiger partial charge in [0.25, 0.3) is 0 Å². The highest BCUT2D eigenvalue weighted by Crippen LogP contribution is 2.16. The van der Waals surface area contributed by atoms with Crippen molar-refractivity contribution in [3.8, 4) is 0 Å². The Kier molecular flexibility index (Phi) is 2.19. The maximum absolute atomic E-state index is 2.42. The van der Waals surface area contributed by atoms with Crippen molar-refractivity contribution in [2.24, 2.45) is 0 Å². The zero-order chi connectivity index (χ0) is 9.26. The van der Waals surface area contributed by atoms with Crippen LogP contribution in [0.5, 0.6) is 0 Å². The molecule has 0 amide bonds. The molecule has 0 N–H and O–H groups in total. The molecule has 0 bridgehead atoms. The van der Waals surface area contributed by atoms with E-state index in [1.54, 1.807) is 5.20 Å². The molecule has 1 aromatic carbocycles. The lowest BCUT2D eigenvalue weighted by Gasteiger charge is -2.08. The van der Waals surface area contributed by atoms with Gasteiger partial charge < -0.3 is 0 Å². The Hall–Kier alpha value is -1.08. The van der Waals surface area contributed by atoms with Crippen LogP contribution in [-0.4, -0.2) is 8.80 Å². The summed E-state index contributed by atoms with van der Waals surface area (Å²) in [6, 6.07) is 10.9. The normalized spacial score (nSPS) is 21.2. The third-order valence-electron chi connectivity index (χ3n) is 2.79. The largest absolute Gasteiger partial charge is 0.120 e. The van der Waals surface area contributed by atoms with Crippen molar-refractivity contribution < 1.29 is 0 Å². The quantitative estimate of drug-likeness (QED) is 0.589. The average molecular weight is 186 g/mol. The number of hydrogen-bond acceptors (Lipinski definition) is 0. The molecular formula is C12H14Si. The number of benzene rings is 1. The third kappa shape index (κ3) is 1.52. The second-order valence-electron chi connectivity index (χ2n) is 3.61. The van der Waals surface area contributed by atoms with Crippen molar-refractivity contribution in [3.63, 3.8) is 0 Å². The van der Waals surface area contributed by atoms with Gasteiger partial charge in [-0.1, -0.05) is 58.1 Å². The number of allylic oxidation sites excluding steroid dienone is 3. The molecule has 0 nitrogen and oxygen atoms in total. The molecule has 2 rings (SSSR count). The maximum atomic E-state index is 2.42. The highest BCUT2D eigenvalue weighted by atomic mass is 28.3. The first kappa shape index (κ1) is 8.51. The maximum Gasteiger partial charge on any atom is 0.120 e. The fourth-order valence-electron chi connectivity index (χ4n) is 1.78. The molecule has 1 aliphatic heterocycles. The number of hydrogen-bond donors (Lipinski definition) is 0. The van der Waals surface area contributed by atoms with E-state index < -0.39 is 8.80 Å². The second kappa shape index (κ2) is 3.34. The van der Waals surface area contributed by atoms with Crippen LogP contribution < -0.4 is 5.19 Å². The summed E-state index contributed by atoms with van der Waals surface area (Å²) in [6.07, 6.45) is 2.28. The van der Waals surface area contributed by atoms with Gasteiger partial charge in [-0.25, -0.2) is 0 Å². The Bertz CT molecular complexity index is 360. The van der Waals surface area contributed by atoms with E-state index in [0.29, 0.717) is 0 Å². The van der Waals surface area contributed by atoms with E-state index >= 15 is 0 Å². The number of rotatable bonds is 1. The first-order valence-corrected chi connectivity index (χ1v) is 6.51. The summed E-state index contributed by atoms with van der Waals surface area (Å²) in [7, 11) is -0.892. The molecule has 0 saturated carbocycles. The molecule has 1 aromatic rings. The molecule has 1 atom stereocenters. The van der Waals surface area contributed by atoms with Gasteiger partial charge in [-0.3, -0.25) is 0 Å². The van der Waals surface area contributed by atoms with Gasteiger partial charge in [0.2, 0.25) is 0 Å². The highest BCUT2D eigenvalue weighted by Gasteiger charge is 2.17. The lowest BCUT2D eigenvalue weighted by molar-refractivity contribution is 1.46. The molecular weight excluding hydrogens is 172 g/mol. The molecule has 1 heteroatoms. The van der Waals surface area contributed by atoms with Crippen LogP contribution in [0.15, 0.2) is 52.9 Å². The summed E-state index contributed by atoms with van der Waals surface area (Å²) >= 11 is 0. The van der Waals surface area contributed by atoms with E-state index in [1.807, 2.05) is 0 Å². The van der Waals surface area contributed by atoms with Gasteiger partial charge in [0.15, 0.2) is 0 Å². The average Bonchev–Trinajstić information content (AvgIpc) is 2.49. The van der Waals surface area contributed by atoms with Crippen LogP contribution in [0.1, 0.15) is 13.8 Å². The van der Waals surface area contributed by atoms with Gasteiger partial charge in [0.1, 0.15) is 8.80 Å². The monoisotopic (exact) mass is 186 g/mol. The Morgan fingerprint density at radius 2 is 1.69 bits per heavy atom. The van der Waals surface area contributed by atoms with Crippen LogP contribution >= 0.6 is 0 Å². The fraction of sp³-hybridized carbons (Fsp3) is 0.167. The van der Waals surface area contributed by atoms with E-state index in [0.717, 1.165) is 0 Å². The molecule has 1 aliphatic rings. The van der Waals surface area contributed by atoms with E-state index in [2.05, 4.69) is 56.0 Å². The summed E-state index contributed by atoms with van der Waals surface area (Å²) in [5.41, 5.74) is 3.89. The first-order chi connectivity index (χ1) is 6.29. The molecule has 1 unspecified atom stereocenters. The Labute approximate surface area is 81.2 Å². The summed E-state index contributed by atoms with van der Waals surface area (Å²) in [5, 5.41) is 3.15. The van der Waals surface area contributed by atoms with Crippen molar-refractivity contribution in [2.45, 2.75) is 13.8 Å². The molecule has 0 aliphatic carbocycles. The van der Waals surface area contributed by atoms with Crippen LogP contribution in [0.3, 0.4) is 0 Å². The van der Waals surface area contributed by atoms with Gasteiger partial charge in [-0.2, -0.15) is 0 Å². The highest BCUT2D eigenvalue weighted by molar-refractivity contribution is 6.84. The molecule has 0 radical (unpaired) electrons. The molecule has 0 aromatic heterocycles. The topological polar surface area (TPSA) is 0 Å².